The van der Waals surface area contributed by atoms with E-state index in [1.165, 1.54) is 0 Å². The molecule has 1 aliphatic carbocycles. The van der Waals surface area contributed by atoms with Crippen molar-refractivity contribution in [1.82, 2.24) is 15.2 Å². The number of amides is 2. The van der Waals surface area contributed by atoms with Gasteiger partial charge in [0.2, 0.25) is 5.91 Å². The number of ether oxygens (including phenoxy) is 1. The van der Waals surface area contributed by atoms with Crippen LogP contribution in [0.3, 0.4) is 0 Å². The van der Waals surface area contributed by atoms with E-state index in [1.54, 1.807) is 12.0 Å². The fourth-order valence-electron chi connectivity index (χ4n) is 4.85. The van der Waals surface area contributed by atoms with Gasteiger partial charge < -0.3 is 15.0 Å². The van der Waals surface area contributed by atoms with Crippen molar-refractivity contribution in [3.63, 3.8) is 0 Å². The summed E-state index contributed by atoms with van der Waals surface area (Å²) in [5, 5.41) is 3.66. The van der Waals surface area contributed by atoms with E-state index in [9.17, 15) is 9.59 Å². The van der Waals surface area contributed by atoms with Crippen LogP contribution in [-0.2, 0) is 11.2 Å². The van der Waals surface area contributed by atoms with Crippen LogP contribution in [-0.4, -0.2) is 48.4 Å². The molecule has 2 aliphatic rings. The first-order chi connectivity index (χ1) is 16.0. The second-order valence-corrected chi connectivity index (χ2v) is 8.86. The van der Waals surface area contributed by atoms with Crippen LogP contribution in [0.15, 0.2) is 48.5 Å². The van der Waals surface area contributed by atoms with Gasteiger partial charge in [0, 0.05) is 18.5 Å². The Kier molecular flexibility index (Phi) is 5.58. The number of fused-ring (bicyclic) bond motifs is 2. The Morgan fingerprint density at radius 2 is 1.94 bits per heavy atom. The number of hydrogen-bond acceptors (Lipinski definition) is 4. The van der Waals surface area contributed by atoms with E-state index in [2.05, 4.69) is 18.3 Å². The summed E-state index contributed by atoms with van der Waals surface area (Å²) in [6.07, 6.45) is 3.84. The van der Waals surface area contributed by atoms with Crippen LogP contribution < -0.4 is 10.1 Å². The second kappa shape index (κ2) is 8.70. The van der Waals surface area contributed by atoms with Gasteiger partial charge in [-0.15, -0.1) is 0 Å². The van der Waals surface area contributed by atoms with Gasteiger partial charge in [-0.3, -0.25) is 9.59 Å². The Labute approximate surface area is 193 Å². The third-order valence-corrected chi connectivity index (χ3v) is 6.41. The summed E-state index contributed by atoms with van der Waals surface area (Å²) in [6.45, 7) is 3.30. The van der Waals surface area contributed by atoms with Crippen LogP contribution in [0, 0.1) is 5.92 Å². The monoisotopic (exact) mass is 441 g/mol. The van der Waals surface area contributed by atoms with Gasteiger partial charge in [-0.25, -0.2) is 4.98 Å². The molecule has 1 saturated heterocycles. The van der Waals surface area contributed by atoms with Gasteiger partial charge in [0.15, 0.2) is 0 Å². The highest BCUT2D eigenvalue weighted by Gasteiger charge is 2.31. The number of piperazine rings is 1. The molecule has 1 N–H and O–H groups in total. The lowest BCUT2D eigenvalue weighted by molar-refractivity contribution is -0.123. The molecule has 168 valence electrons. The lowest BCUT2D eigenvalue weighted by atomic mass is 9.80. The number of pyridine rings is 1. The fourth-order valence-corrected chi connectivity index (χ4v) is 4.85. The highest BCUT2D eigenvalue weighted by atomic mass is 16.5. The van der Waals surface area contributed by atoms with Gasteiger partial charge in [0.05, 0.1) is 30.4 Å². The fraction of sp³-hybridized carbons (Fsp3) is 0.296. The molecule has 0 radical (unpaired) electrons. The predicted molar refractivity (Wildman–Crippen MR) is 129 cm³/mol. The SMILES string of the molecule is COc1ccc(/C=C2\C[C@@H](C)Cc3c2nc2ccccc2c3C(=O)N2CCNC(=O)C2)cc1. The van der Waals surface area contributed by atoms with Crippen molar-refractivity contribution >= 4 is 34.4 Å². The minimum Gasteiger partial charge on any atom is -0.497 e. The van der Waals surface area contributed by atoms with Crippen molar-refractivity contribution in [2.45, 2.75) is 19.8 Å². The standard InChI is InChI=1S/C27H27N3O3/c1-17-13-19(15-18-7-9-20(33-2)10-8-18)26-22(14-17)25(21-5-3-4-6-23(21)29-26)27(32)30-12-11-28-24(31)16-30/h3-10,15,17H,11-14,16H2,1-2H3,(H,28,31)/b19-15+/t17-/m1/s1. The number of aromatic nitrogens is 1. The average Bonchev–Trinajstić information content (AvgIpc) is 2.83. The van der Waals surface area contributed by atoms with Gasteiger partial charge in [0.25, 0.3) is 5.91 Å². The molecule has 0 bridgehead atoms. The van der Waals surface area contributed by atoms with Crippen LogP contribution in [0.5, 0.6) is 5.75 Å². The van der Waals surface area contributed by atoms with Crippen LogP contribution in [0.4, 0.5) is 0 Å². The van der Waals surface area contributed by atoms with Crippen LogP contribution in [0.1, 0.15) is 40.5 Å². The maximum Gasteiger partial charge on any atom is 0.255 e. The van der Waals surface area contributed by atoms with Crippen molar-refractivity contribution in [2.24, 2.45) is 5.92 Å². The first-order valence-corrected chi connectivity index (χ1v) is 11.4. The highest BCUT2D eigenvalue weighted by molar-refractivity contribution is 6.10. The number of carbonyl (C=O) groups is 2. The van der Waals surface area contributed by atoms with E-state index in [4.69, 9.17) is 9.72 Å². The summed E-state index contributed by atoms with van der Waals surface area (Å²) in [6, 6.07) is 15.8. The summed E-state index contributed by atoms with van der Waals surface area (Å²) < 4.78 is 5.28. The van der Waals surface area contributed by atoms with E-state index in [-0.39, 0.29) is 18.4 Å². The molecule has 3 aromatic rings. The molecule has 1 aromatic heterocycles. The van der Waals surface area contributed by atoms with Crippen molar-refractivity contribution in [1.29, 1.82) is 0 Å². The number of rotatable bonds is 3. The molecule has 1 aliphatic heterocycles. The molecule has 1 atom stereocenters. The number of benzene rings is 2. The number of hydrogen-bond donors (Lipinski definition) is 1. The summed E-state index contributed by atoms with van der Waals surface area (Å²) in [5.74, 6) is 0.992. The maximum atomic E-state index is 13.8. The zero-order valence-corrected chi connectivity index (χ0v) is 18.9. The summed E-state index contributed by atoms with van der Waals surface area (Å²) >= 11 is 0. The molecule has 6 heteroatoms. The summed E-state index contributed by atoms with van der Waals surface area (Å²) in [5.41, 5.74) is 5.58. The molecule has 5 rings (SSSR count). The molecule has 33 heavy (non-hydrogen) atoms. The van der Waals surface area contributed by atoms with E-state index in [0.29, 0.717) is 24.6 Å². The Morgan fingerprint density at radius 1 is 1.15 bits per heavy atom. The first kappa shape index (κ1) is 21.2. The number of carbonyl (C=O) groups excluding carboxylic acids is 2. The number of para-hydroxylation sites is 1. The molecule has 0 saturated carbocycles. The lowest BCUT2D eigenvalue weighted by Gasteiger charge is -2.31. The summed E-state index contributed by atoms with van der Waals surface area (Å²) in [4.78, 5) is 32.4. The minimum absolute atomic E-state index is 0.0856. The van der Waals surface area contributed by atoms with Gasteiger partial charge in [-0.2, -0.15) is 0 Å². The van der Waals surface area contributed by atoms with Crippen LogP contribution in [0.25, 0.3) is 22.6 Å². The van der Waals surface area contributed by atoms with E-state index in [1.807, 2.05) is 48.5 Å². The van der Waals surface area contributed by atoms with Crippen LogP contribution in [0.2, 0.25) is 0 Å². The Morgan fingerprint density at radius 3 is 2.70 bits per heavy atom. The Hall–Kier alpha value is -3.67. The third kappa shape index (κ3) is 4.09. The molecular weight excluding hydrogens is 414 g/mol. The number of allylic oxidation sites excluding steroid dienone is 1. The Bertz CT molecular complexity index is 1260. The Balaban J connectivity index is 1.67. The first-order valence-electron chi connectivity index (χ1n) is 11.4. The van der Waals surface area contributed by atoms with Gasteiger partial charge >= 0.3 is 0 Å². The highest BCUT2D eigenvalue weighted by Crippen LogP contribution is 2.39. The lowest BCUT2D eigenvalue weighted by Crippen LogP contribution is -2.50. The average molecular weight is 442 g/mol. The molecule has 6 nitrogen and oxygen atoms in total. The number of nitrogens with one attached hydrogen (secondary N) is 1. The molecule has 0 unspecified atom stereocenters. The third-order valence-electron chi connectivity index (χ3n) is 6.41. The smallest absolute Gasteiger partial charge is 0.255 e. The normalized spacial score (nSPS) is 19.3. The number of methoxy groups -OCH3 is 1. The topological polar surface area (TPSA) is 71.5 Å². The molecule has 0 spiro atoms. The zero-order chi connectivity index (χ0) is 22.9. The molecule has 2 heterocycles. The molecule has 2 amide bonds. The van der Waals surface area contributed by atoms with Crippen molar-refractivity contribution in [2.75, 3.05) is 26.7 Å². The van der Waals surface area contributed by atoms with E-state index < -0.39 is 0 Å². The minimum atomic E-state index is -0.115. The van der Waals surface area contributed by atoms with Crippen molar-refractivity contribution in [3.8, 4) is 5.75 Å². The molecule has 1 fully saturated rings. The van der Waals surface area contributed by atoms with Crippen LogP contribution >= 0.6 is 0 Å². The zero-order valence-electron chi connectivity index (χ0n) is 18.9. The largest absolute Gasteiger partial charge is 0.497 e. The molecular formula is C27H27N3O3. The second-order valence-electron chi connectivity index (χ2n) is 8.86. The predicted octanol–water partition coefficient (Wildman–Crippen LogP) is 3.94. The van der Waals surface area contributed by atoms with E-state index >= 15 is 0 Å². The quantitative estimate of drug-likeness (QED) is 0.668. The molecule has 2 aromatic carbocycles. The number of nitrogens with zero attached hydrogens (tertiary/aromatic N) is 2. The van der Waals surface area contributed by atoms with E-state index in [0.717, 1.165) is 51.9 Å². The van der Waals surface area contributed by atoms with Gasteiger partial charge in [-0.1, -0.05) is 37.3 Å². The van der Waals surface area contributed by atoms with Crippen molar-refractivity contribution < 1.29 is 14.3 Å². The van der Waals surface area contributed by atoms with Gasteiger partial charge in [0.1, 0.15) is 5.75 Å². The maximum absolute atomic E-state index is 13.8. The van der Waals surface area contributed by atoms with Gasteiger partial charge in [-0.05, 0) is 59.7 Å². The van der Waals surface area contributed by atoms with Crippen molar-refractivity contribution in [3.05, 3.63) is 70.9 Å². The summed E-state index contributed by atoms with van der Waals surface area (Å²) in [7, 11) is 1.66.